The van der Waals surface area contributed by atoms with Crippen LogP contribution in [0.1, 0.15) is 98.6 Å². The molecule has 0 fully saturated rings. The number of rotatable bonds is 13. The van der Waals surface area contributed by atoms with E-state index in [-0.39, 0.29) is 30.1 Å². The first-order valence-electron chi connectivity index (χ1n) is 12.6. The molecule has 2 atom stereocenters. The fraction of sp³-hybridized carbons (Fsp3) is 0.517. The molecule has 0 amide bonds. The van der Waals surface area contributed by atoms with E-state index in [0.29, 0.717) is 24.0 Å². The second-order valence-electron chi connectivity index (χ2n) is 8.67. The lowest BCUT2D eigenvalue weighted by molar-refractivity contribution is -0.0362. The minimum absolute atomic E-state index is 0.0633. The van der Waals surface area contributed by atoms with Gasteiger partial charge in [0.2, 0.25) is 0 Å². The first kappa shape index (κ1) is 26.6. The molecule has 4 heteroatoms. The Kier molecular flexibility index (Phi) is 11.2. The van der Waals surface area contributed by atoms with Crippen molar-refractivity contribution in [2.24, 2.45) is 5.92 Å². The largest absolute Gasteiger partial charge is 0.458 e. The van der Waals surface area contributed by atoms with Crippen molar-refractivity contribution >= 4 is 11.9 Å². The zero-order valence-electron chi connectivity index (χ0n) is 20.9. The van der Waals surface area contributed by atoms with Gasteiger partial charge in [0.05, 0.1) is 11.1 Å². The van der Waals surface area contributed by atoms with E-state index >= 15 is 0 Å². The van der Waals surface area contributed by atoms with E-state index < -0.39 is 0 Å². The molecule has 0 saturated heterocycles. The number of esters is 2. The monoisotopic (exact) mass is 452 g/mol. The molecule has 0 saturated carbocycles. The van der Waals surface area contributed by atoms with Gasteiger partial charge in [-0.25, -0.2) is 9.59 Å². The molecule has 0 aliphatic rings. The van der Waals surface area contributed by atoms with Gasteiger partial charge in [-0.3, -0.25) is 0 Å². The van der Waals surface area contributed by atoms with Gasteiger partial charge in [-0.05, 0) is 67.5 Å². The highest BCUT2D eigenvalue weighted by atomic mass is 16.6. The summed E-state index contributed by atoms with van der Waals surface area (Å²) in [5, 5.41) is 0. The molecule has 2 aromatic rings. The van der Waals surface area contributed by atoms with Gasteiger partial charge in [0, 0.05) is 5.92 Å². The standard InChI is InChI=1S/C29H40O4/c1-6-11-21-13-17-23(18-14-21)28(30)32-26(9-4)25(8-3)27(10-5)33-29(31)24-19-15-22(12-7-2)16-20-24/h13-20,25-27H,6-12H2,1-5H3. The van der Waals surface area contributed by atoms with E-state index in [2.05, 4.69) is 20.8 Å². The highest BCUT2D eigenvalue weighted by Gasteiger charge is 2.32. The maximum absolute atomic E-state index is 12.8. The topological polar surface area (TPSA) is 52.6 Å². The van der Waals surface area contributed by atoms with E-state index in [1.54, 1.807) is 0 Å². The zero-order chi connectivity index (χ0) is 24.2. The quantitative estimate of drug-likeness (QED) is 0.302. The molecule has 0 spiro atoms. The molecule has 0 aliphatic heterocycles. The fourth-order valence-electron chi connectivity index (χ4n) is 4.32. The average Bonchev–Trinajstić information content (AvgIpc) is 2.84. The van der Waals surface area contributed by atoms with Crippen LogP contribution in [-0.2, 0) is 22.3 Å². The normalized spacial score (nSPS) is 13.7. The Morgan fingerprint density at radius 3 is 1.24 bits per heavy atom. The molecule has 180 valence electrons. The van der Waals surface area contributed by atoms with Gasteiger partial charge in [0.1, 0.15) is 12.2 Å². The minimum Gasteiger partial charge on any atom is -0.458 e. The van der Waals surface area contributed by atoms with Crippen molar-refractivity contribution in [2.75, 3.05) is 0 Å². The van der Waals surface area contributed by atoms with Crippen LogP contribution in [0.4, 0.5) is 0 Å². The molecular formula is C29H40O4. The van der Waals surface area contributed by atoms with Gasteiger partial charge in [0.15, 0.2) is 0 Å². The summed E-state index contributed by atoms with van der Waals surface area (Å²) in [6.45, 7) is 10.3. The van der Waals surface area contributed by atoms with Crippen molar-refractivity contribution in [2.45, 2.75) is 91.8 Å². The van der Waals surface area contributed by atoms with Gasteiger partial charge >= 0.3 is 11.9 Å². The maximum Gasteiger partial charge on any atom is 0.338 e. The Balaban J connectivity index is 2.07. The van der Waals surface area contributed by atoms with Crippen molar-refractivity contribution in [3.05, 3.63) is 70.8 Å². The number of aryl methyl sites for hydroxylation is 2. The van der Waals surface area contributed by atoms with Crippen LogP contribution in [0.25, 0.3) is 0 Å². The Labute approximate surface area is 199 Å². The van der Waals surface area contributed by atoms with Crippen LogP contribution in [0.15, 0.2) is 48.5 Å². The fourth-order valence-corrected chi connectivity index (χ4v) is 4.32. The molecule has 2 rings (SSSR count). The number of hydrogen-bond donors (Lipinski definition) is 0. The summed E-state index contributed by atoms with van der Waals surface area (Å²) in [6, 6.07) is 15.3. The van der Waals surface area contributed by atoms with Gasteiger partial charge in [-0.15, -0.1) is 0 Å². The van der Waals surface area contributed by atoms with E-state index in [1.807, 2.05) is 62.4 Å². The summed E-state index contributed by atoms with van der Waals surface area (Å²) in [4.78, 5) is 25.6. The Morgan fingerprint density at radius 1 is 0.606 bits per heavy atom. The minimum atomic E-state index is -0.323. The number of benzene rings is 2. The molecule has 0 aromatic heterocycles. The summed E-state index contributed by atoms with van der Waals surface area (Å²) < 4.78 is 11.8. The number of ether oxygens (including phenoxy) is 2. The lowest BCUT2D eigenvalue weighted by Crippen LogP contribution is -2.37. The average molecular weight is 453 g/mol. The first-order chi connectivity index (χ1) is 16.0. The third-order valence-electron chi connectivity index (χ3n) is 6.20. The van der Waals surface area contributed by atoms with Gasteiger partial charge in [0.25, 0.3) is 0 Å². The second kappa shape index (κ2) is 13.8. The molecular weight excluding hydrogens is 412 g/mol. The van der Waals surface area contributed by atoms with Gasteiger partial charge in [-0.2, -0.15) is 0 Å². The third-order valence-corrected chi connectivity index (χ3v) is 6.20. The predicted molar refractivity (Wildman–Crippen MR) is 134 cm³/mol. The van der Waals surface area contributed by atoms with E-state index in [1.165, 1.54) is 11.1 Å². The van der Waals surface area contributed by atoms with Crippen molar-refractivity contribution in [3.8, 4) is 0 Å². The lowest BCUT2D eigenvalue weighted by atomic mass is 9.89. The molecule has 2 unspecified atom stereocenters. The smallest absolute Gasteiger partial charge is 0.338 e. The van der Waals surface area contributed by atoms with Gasteiger partial charge < -0.3 is 9.47 Å². The highest BCUT2D eigenvalue weighted by molar-refractivity contribution is 5.90. The predicted octanol–water partition coefficient (Wildman–Crippen LogP) is 7.19. The van der Waals surface area contributed by atoms with Crippen molar-refractivity contribution in [3.63, 3.8) is 0 Å². The summed E-state index contributed by atoms with van der Waals surface area (Å²) in [5.74, 6) is -0.710. The summed E-state index contributed by atoms with van der Waals surface area (Å²) in [7, 11) is 0. The molecule has 0 N–H and O–H groups in total. The first-order valence-corrected chi connectivity index (χ1v) is 12.6. The summed E-state index contributed by atoms with van der Waals surface area (Å²) in [5.41, 5.74) is 3.54. The molecule has 0 aliphatic carbocycles. The number of carbonyl (C=O) groups excluding carboxylic acids is 2. The lowest BCUT2D eigenvalue weighted by Gasteiger charge is -2.31. The van der Waals surface area contributed by atoms with Crippen LogP contribution in [0, 0.1) is 5.92 Å². The van der Waals surface area contributed by atoms with E-state index in [0.717, 1.165) is 32.1 Å². The zero-order valence-corrected chi connectivity index (χ0v) is 20.9. The van der Waals surface area contributed by atoms with Crippen LogP contribution in [0.5, 0.6) is 0 Å². The molecule has 4 nitrogen and oxygen atoms in total. The SMILES string of the molecule is CCCc1ccc(C(=O)OC(CC)C(CC)C(CC)OC(=O)c2ccc(CCC)cc2)cc1. The van der Waals surface area contributed by atoms with Gasteiger partial charge in [-0.1, -0.05) is 71.7 Å². The second-order valence-corrected chi connectivity index (χ2v) is 8.67. The number of hydrogen-bond acceptors (Lipinski definition) is 4. The highest BCUT2D eigenvalue weighted by Crippen LogP contribution is 2.26. The molecule has 0 heterocycles. The summed E-state index contributed by atoms with van der Waals surface area (Å²) in [6.07, 6.45) is 5.58. The molecule has 2 aromatic carbocycles. The Morgan fingerprint density at radius 2 is 0.970 bits per heavy atom. The van der Waals surface area contributed by atoms with Crippen LogP contribution in [0.2, 0.25) is 0 Å². The van der Waals surface area contributed by atoms with Crippen molar-refractivity contribution in [1.82, 2.24) is 0 Å². The van der Waals surface area contributed by atoms with Crippen LogP contribution in [0.3, 0.4) is 0 Å². The molecule has 0 radical (unpaired) electrons. The van der Waals surface area contributed by atoms with E-state index in [4.69, 9.17) is 9.47 Å². The van der Waals surface area contributed by atoms with E-state index in [9.17, 15) is 9.59 Å². The Bertz CT molecular complexity index is 783. The molecule has 0 bridgehead atoms. The number of carbonyl (C=O) groups is 2. The van der Waals surface area contributed by atoms with Crippen LogP contribution in [-0.4, -0.2) is 24.1 Å². The molecule has 33 heavy (non-hydrogen) atoms. The van der Waals surface area contributed by atoms with Crippen LogP contribution >= 0.6 is 0 Å². The maximum atomic E-state index is 12.8. The van der Waals surface area contributed by atoms with Crippen molar-refractivity contribution in [1.29, 1.82) is 0 Å². The third kappa shape index (κ3) is 7.73. The van der Waals surface area contributed by atoms with Crippen molar-refractivity contribution < 1.29 is 19.1 Å². The Hall–Kier alpha value is -2.62. The summed E-state index contributed by atoms with van der Waals surface area (Å²) >= 11 is 0. The van der Waals surface area contributed by atoms with Crippen LogP contribution < -0.4 is 0 Å².